The van der Waals surface area contributed by atoms with Crippen molar-refractivity contribution >= 4 is 17.3 Å². The van der Waals surface area contributed by atoms with Gasteiger partial charge in [-0.3, -0.25) is 4.79 Å². The Hall–Kier alpha value is -2.46. The molecule has 0 aliphatic carbocycles. The van der Waals surface area contributed by atoms with E-state index < -0.39 is 0 Å². The third-order valence-corrected chi connectivity index (χ3v) is 4.38. The molecule has 0 aliphatic heterocycles. The molecule has 2 aromatic carbocycles. The lowest BCUT2D eigenvalue weighted by Crippen LogP contribution is -2.03. The van der Waals surface area contributed by atoms with Crippen molar-refractivity contribution in [1.82, 2.24) is 4.98 Å². The molecule has 0 bridgehead atoms. The van der Waals surface area contributed by atoms with Gasteiger partial charge in [0.25, 0.3) is 0 Å². The van der Waals surface area contributed by atoms with Gasteiger partial charge in [-0.1, -0.05) is 60.7 Å². The zero-order valence-corrected chi connectivity index (χ0v) is 13.0. The van der Waals surface area contributed by atoms with Crippen LogP contribution in [0.2, 0.25) is 0 Å². The van der Waals surface area contributed by atoms with Crippen molar-refractivity contribution in [2.24, 2.45) is 0 Å². The molecule has 0 saturated heterocycles. The van der Waals surface area contributed by atoms with Crippen LogP contribution in [0, 0.1) is 0 Å². The minimum Gasteiger partial charge on any atom is -0.469 e. The van der Waals surface area contributed by atoms with Gasteiger partial charge in [0.1, 0.15) is 5.01 Å². The number of carbonyl (C=O) groups is 1. The van der Waals surface area contributed by atoms with E-state index in [0.717, 1.165) is 26.7 Å². The Morgan fingerprint density at radius 2 is 1.59 bits per heavy atom. The highest BCUT2D eigenvalue weighted by atomic mass is 32.1. The van der Waals surface area contributed by atoms with Gasteiger partial charge >= 0.3 is 5.97 Å². The van der Waals surface area contributed by atoms with Crippen molar-refractivity contribution in [3.05, 3.63) is 65.7 Å². The SMILES string of the molecule is COC(=O)Cc1nc(-c2ccccc2)c(-c2ccccc2)s1. The molecule has 0 fully saturated rings. The standard InChI is InChI=1S/C18H15NO2S/c1-21-16(20)12-15-19-17(13-8-4-2-5-9-13)18(22-15)14-10-6-3-7-11-14/h2-11H,12H2,1H3. The third kappa shape index (κ3) is 3.07. The van der Waals surface area contributed by atoms with Crippen LogP contribution in [0.5, 0.6) is 0 Å². The summed E-state index contributed by atoms with van der Waals surface area (Å²) in [6, 6.07) is 20.1. The second kappa shape index (κ2) is 6.54. The number of esters is 1. The molecule has 4 heteroatoms. The Labute approximate surface area is 133 Å². The topological polar surface area (TPSA) is 39.2 Å². The first kappa shape index (κ1) is 14.5. The van der Waals surface area contributed by atoms with Gasteiger partial charge in [0.15, 0.2) is 0 Å². The van der Waals surface area contributed by atoms with E-state index in [1.807, 2.05) is 48.5 Å². The Morgan fingerprint density at radius 3 is 2.18 bits per heavy atom. The summed E-state index contributed by atoms with van der Waals surface area (Å²) in [5.74, 6) is -0.270. The van der Waals surface area contributed by atoms with E-state index in [1.165, 1.54) is 18.4 Å². The summed E-state index contributed by atoms with van der Waals surface area (Å²) < 4.78 is 4.74. The summed E-state index contributed by atoms with van der Waals surface area (Å²) in [5, 5.41) is 0.768. The van der Waals surface area contributed by atoms with Gasteiger partial charge in [0.2, 0.25) is 0 Å². The smallest absolute Gasteiger partial charge is 0.312 e. The summed E-state index contributed by atoms with van der Waals surface area (Å²) >= 11 is 1.54. The Kier molecular flexibility index (Phi) is 4.30. The largest absolute Gasteiger partial charge is 0.469 e. The average molecular weight is 309 g/mol. The molecule has 0 spiro atoms. The number of methoxy groups -OCH3 is 1. The maximum atomic E-state index is 11.5. The second-order valence-corrected chi connectivity index (χ2v) is 5.85. The Balaban J connectivity index is 2.08. The molecule has 0 unspecified atom stereocenters. The van der Waals surface area contributed by atoms with E-state index in [4.69, 9.17) is 4.74 Å². The second-order valence-electron chi connectivity index (χ2n) is 4.77. The zero-order chi connectivity index (χ0) is 15.4. The van der Waals surface area contributed by atoms with Crippen LogP contribution >= 0.6 is 11.3 Å². The fourth-order valence-electron chi connectivity index (χ4n) is 2.21. The maximum absolute atomic E-state index is 11.5. The molecule has 0 saturated carbocycles. The van der Waals surface area contributed by atoms with Crippen LogP contribution in [-0.2, 0) is 16.0 Å². The van der Waals surface area contributed by atoms with E-state index in [-0.39, 0.29) is 12.4 Å². The molecule has 0 atom stereocenters. The molecule has 3 nitrogen and oxygen atoms in total. The molecule has 0 N–H and O–H groups in total. The lowest BCUT2D eigenvalue weighted by molar-refractivity contribution is -0.139. The quantitative estimate of drug-likeness (QED) is 0.678. The highest BCUT2D eigenvalue weighted by Gasteiger charge is 2.16. The average Bonchev–Trinajstić information content (AvgIpc) is 3.00. The van der Waals surface area contributed by atoms with Crippen LogP contribution in [0.15, 0.2) is 60.7 Å². The summed E-state index contributed by atoms with van der Waals surface area (Å²) in [4.78, 5) is 17.3. The number of ether oxygens (including phenoxy) is 1. The van der Waals surface area contributed by atoms with Crippen molar-refractivity contribution < 1.29 is 9.53 Å². The molecule has 3 aromatic rings. The van der Waals surface area contributed by atoms with Crippen LogP contribution in [-0.4, -0.2) is 18.1 Å². The van der Waals surface area contributed by atoms with Gasteiger partial charge < -0.3 is 4.74 Å². The maximum Gasteiger partial charge on any atom is 0.312 e. The number of benzene rings is 2. The van der Waals surface area contributed by atoms with Crippen molar-refractivity contribution in [3.63, 3.8) is 0 Å². The van der Waals surface area contributed by atoms with Crippen LogP contribution in [0.1, 0.15) is 5.01 Å². The monoisotopic (exact) mass is 309 g/mol. The first-order chi connectivity index (χ1) is 10.8. The van der Waals surface area contributed by atoms with E-state index in [2.05, 4.69) is 17.1 Å². The summed E-state index contributed by atoms with van der Waals surface area (Å²) in [6.45, 7) is 0. The fraction of sp³-hybridized carbons (Fsp3) is 0.111. The van der Waals surface area contributed by atoms with E-state index in [9.17, 15) is 4.79 Å². The number of hydrogen-bond donors (Lipinski definition) is 0. The number of aromatic nitrogens is 1. The fourth-order valence-corrected chi connectivity index (χ4v) is 3.29. The highest BCUT2D eigenvalue weighted by Crippen LogP contribution is 2.36. The van der Waals surface area contributed by atoms with Crippen LogP contribution in [0.3, 0.4) is 0 Å². The van der Waals surface area contributed by atoms with Crippen LogP contribution in [0.25, 0.3) is 21.7 Å². The van der Waals surface area contributed by atoms with Gasteiger partial charge in [-0.15, -0.1) is 11.3 Å². The molecule has 0 aliphatic rings. The van der Waals surface area contributed by atoms with Crippen molar-refractivity contribution in [2.75, 3.05) is 7.11 Å². The number of carbonyl (C=O) groups excluding carboxylic acids is 1. The van der Waals surface area contributed by atoms with Crippen molar-refractivity contribution in [1.29, 1.82) is 0 Å². The van der Waals surface area contributed by atoms with E-state index in [0.29, 0.717) is 0 Å². The van der Waals surface area contributed by atoms with Gasteiger partial charge in [-0.05, 0) is 5.56 Å². The molecule has 110 valence electrons. The number of rotatable bonds is 4. The minimum absolute atomic E-state index is 0.202. The van der Waals surface area contributed by atoms with Gasteiger partial charge in [-0.25, -0.2) is 4.98 Å². The Bertz CT molecular complexity index is 709. The normalized spacial score (nSPS) is 10.4. The first-order valence-corrected chi connectivity index (χ1v) is 7.77. The first-order valence-electron chi connectivity index (χ1n) is 6.95. The predicted octanol–water partition coefficient (Wildman–Crippen LogP) is 4.19. The minimum atomic E-state index is -0.270. The molecule has 1 heterocycles. The lowest BCUT2D eigenvalue weighted by Gasteiger charge is -2.02. The Morgan fingerprint density at radius 1 is 1.00 bits per heavy atom. The summed E-state index contributed by atoms with van der Waals surface area (Å²) in [7, 11) is 1.39. The van der Waals surface area contributed by atoms with Gasteiger partial charge in [0, 0.05) is 5.56 Å². The summed E-state index contributed by atoms with van der Waals surface area (Å²) in [5.41, 5.74) is 3.07. The van der Waals surface area contributed by atoms with Crippen molar-refractivity contribution in [3.8, 4) is 21.7 Å². The number of nitrogens with zero attached hydrogens (tertiary/aromatic N) is 1. The van der Waals surface area contributed by atoms with E-state index in [1.54, 1.807) is 0 Å². The molecule has 3 rings (SSSR count). The van der Waals surface area contributed by atoms with Crippen molar-refractivity contribution in [2.45, 2.75) is 6.42 Å². The third-order valence-electron chi connectivity index (χ3n) is 3.28. The summed E-state index contributed by atoms with van der Waals surface area (Å²) in [6.07, 6.45) is 0.202. The van der Waals surface area contributed by atoms with Crippen LogP contribution < -0.4 is 0 Å². The van der Waals surface area contributed by atoms with Gasteiger partial charge in [-0.2, -0.15) is 0 Å². The molecular weight excluding hydrogens is 294 g/mol. The molecule has 0 amide bonds. The number of hydrogen-bond acceptors (Lipinski definition) is 4. The predicted molar refractivity (Wildman–Crippen MR) is 88.7 cm³/mol. The van der Waals surface area contributed by atoms with Gasteiger partial charge in [0.05, 0.1) is 24.1 Å². The van der Waals surface area contributed by atoms with Crippen LogP contribution in [0.4, 0.5) is 0 Å². The molecule has 0 radical (unpaired) electrons. The lowest BCUT2D eigenvalue weighted by atomic mass is 10.1. The highest BCUT2D eigenvalue weighted by molar-refractivity contribution is 7.15. The molecule has 1 aromatic heterocycles. The molecule has 22 heavy (non-hydrogen) atoms. The molecular formula is C18H15NO2S. The van der Waals surface area contributed by atoms with E-state index >= 15 is 0 Å². The zero-order valence-electron chi connectivity index (χ0n) is 12.2. The number of thiazole rings is 1.